The molecule has 1 aromatic rings. The minimum atomic E-state index is -3.71. The Kier molecular flexibility index (Phi) is 3.91. The normalized spacial score (nSPS) is 12.4. The van der Waals surface area contributed by atoms with Crippen molar-refractivity contribution in [3.05, 3.63) is 11.9 Å². The Morgan fingerprint density at radius 3 is 2.47 bits per heavy atom. The molecule has 1 aromatic heterocycles. The lowest BCUT2D eigenvalue weighted by Gasteiger charge is -2.24. The molecule has 0 atom stereocenters. The first kappa shape index (κ1) is 13.7. The van der Waals surface area contributed by atoms with E-state index in [2.05, 4.69) is 14.9 Å². The Morgan fingerprint density at radius 2 is 2.12 bits per heavy atom. The minimum absolute atomic E-state index is 0.0824. The molecule has 0 aromatic carbocycles. The number of H-pyrrole nitrogens is 1. The van der Waals surface area contributed by atoms with Crippen LogP contribution in [0, 0.1) is 18.3 Å². The average molecular weight is 256 g/mol. The van der Waals surface area contributed by atoms with Gasteiger partial charge in [0, 0.05) is 0 Å². The molecule has 6 nitrogen and oxygen atoms in total. The van der Waals surface area contributed by atoms with Crippen LogP contribution >= 0.6 is 0 Å². The summed E-state index contributed by atoms with van der Waals surface area (Å²) in [6.45, 7) is 5.17. The lowest BCUT2D eigenvalue weighted by atomic mass is 9.97. The van der Waals surface area contributed by atoms with Crippen molar-refractivity contribution in [2.24, 2.45) is 0 Å². The number of rotatable bonds is 5. The maximum Gasteiger partial charge on any atom is 0.245 e. The van der Waals surface area contributed by atoms with Gasteiger partial charge >= 0.3 is 0 Å². The molecule has 1 rings (SSSR count). The van der Waals surface area contributed by atoms with E-state index in [4.69, 9.17) is 5.26 Å². The van der Waals surface area contributed by atoms with Crippen molar-refractivity contribution in [1.29, 1.82) is 5.26 Å². The molecular weight excluding hydrogens is 240 g/mol. The highest BCUT2D eigenvalue weighted by molar-refractivity contribution is 7.89. The molecule has 0 spiro atoms. The number of hydrogen-bond acceptors (Lipinski definition) is 4. The van der Waals surface area contributed by atoms with Crippen LogP contribution < -0.4 is 4.72 Å². The monoisotopic (exact) mass is 256 g/mol. The van der Waals surface area contributed by atoms with Gasteiger partial charge in [-0.15, -0.1) is 0 Å². The molecule has 0 amide bonds. The van der Waals surface area contributed by atoms with Crippen LogP contribution in [0.2, 0.25) is 0 Å². The SMILES string of the molecule is CCC(C#N)(CC)NS(=O)(=O)c1cn[nH]c1C. The quantitative estimate of drug-likeness (QED) is 0.823. The number of aromatic amines is 1. The molecule has 0 fully saturated rings. The first-order valence-corrected chi connectivity index (χ1v) is 6.84. The molecule has 0 aliphatic heterocycles. The predicted octanol–water partition coefficient (Wildman–Crippen LogP) is 1.08. The van der Waals surface area contributed by atoms with E-state index in [0.29, 0.717) is 18.5 Å². The maximum absolute atomic E-state index is 12.1. The fourth-order valence-electron chi connectivity index (χ4n) is 1.50. The highest BCUT2D eigenvalue weighted by Crippen LogP contribution is 2.19. The molecule has 7 heteroatoms. The Labute approximate surface area is 101 Å². The Hall–Kier alpha value is -1.39. The third-order valence-corrected chi connectivity index (χ3v) is 4.47. The predicted molar refractivity (Wildman–Crippen MR) is 62.6 cm³/mol. The van der Waals surface area contributed by atoms with Gasteiger partial charge in [0.1, 0.15) is 10.4 Å². The Morgan fingerprint density at radius 1 is 1.53 bits per heavy atom. The van der Waals surface area contributed by atoms with Crippen LogP contribution in [0.3, 0.4) is 0 Å². The molecular formula is C10H16N4O2S. The Bertz CT molecular complexity index is 523. The molecule has 0 aliphatic carbocycles. The van der Waals surface area contributed by atoms with Gasteiger partial charge in [-0.3, -0.25) is 5.10 Å². The lowest BCUT2D eigenvalue weighted by Crippen LogP contribution is -2.46. The van der Waals surface area contributed by atoms with Crippen molar-refractivity contribution in [2.45, 2.75) is 44.0 Å². The topological polar surface area (TPSA) is 98.6 Å². The minimum Gasteiger partial charge on any atom is -0.281 e. The fourth-order valence-corrected chi connectivity index (χ4v) is 3.10. The third-order valence-electron chi connectivity index (χ3n) is 2.82. The summed E-state index contributed by atoms with van der Waals surface area (Å²) in [6.07, 6.45) is 2.07. The summed E-state index contributed by atoms with van der Waals surface area (Å²) < 4.78 is 26.6. The molecule has 0 unspecified atom stereocenters. The van der Waals surface area contributed by atoms with Gasteiger partial charge in [-0.05, 0) is 19.8 Å². The zero-order valence-corrected chi connectivity index (χ0v) is 10.9. The summed E-state index contributed by atoms with van der Waals surface area (Å²) in [4.78, 5) is 0.0824. The standard InChI is InChI=1S/C10H16N4O2S/c1-4-10(5-2,7-11)14-17(15,16)9-6-12-13-8(9)3/h6,14H,4-5H2,1-3H3,(H,12,13). The number of hydrogen-bond donors (Lipinski definition) is 2. The zero-order valence-electron chi connectivity index (χ0n) is 10.1. The van der Waals surface area contributed by atoms with Gasteiger partial charge in [0.2, 0.25) is 10.0 Å². The van der Waals surface area contributed by atoms with Crippen molar-refractivity contribution in [1.82, 2.24) is 14.9 Å². The first-order chi connectivity index (χ1) is 7.90. The van der Waals surface area contributed by atoms with Gasteiger partial charge in [-0.1, -0.05) is 13.8 Å². The molecule has 0 aliphatic rings. The van der Waals surface area contributed by atoms with Crippen molar-refractivity contribution in [2.75, 3.05) is 0 Å². The molecule has 0 bridgehead atoms. The van der Waals surface area contributed by atoms with Gasteiger partial charge in [-0.25, -0.2) is 8.42 Å². The van der Waals surface area contributed by atoms with Crippen LogP contribution in [0.15, 0.2) is 11.1 Å². The fraction of sp³-hybridized carbons (Fsp3) is 0.600. The Balaban J connectivity index is 3.11. The zero-order chi connectivity index (χ0) is 13.1. The molecule has 94 valence electrons. The maximum atomic E-state index is 12.1. The van der Waals surface area contributed by atoms with E-state index in [-0.39, 0.29) is 4.90 Å². The highest BCUT2D eigenvalue weighted by atomic mass is 32.2. The van der Waals surface area contributed by atoms with Crippen molar-refractivity contribution in [3.8, 4) is 6.07 Å². The summed E-state index contributed by atoms with van der Waals surface area (Å²) >= 11 is 0. The van der Waals surface area contributed by atoms with Crippen LogP contribution in [-0.2, 0) is 10.0 Å². The van der Waals surface area contributed by atoms with Crippen LogP contribution in [0.5, 0.6) is 0 Å². The summed E-state index contributed by atoms with van der Waals surface area (Å²) in [5.41, 5.74) is -0.598. The van der Waals surface area contributed by atoms with Gasteiger partial charge < -0.3 is 0 Å². The van der Waals surface area contributed by atoms with E-state index in [1.165, 1.54) is 6.20 Å². The second-order valence-corrected chi connectivity index (χ2v) is 5.52. The van der Waals surface area contributed by atoms with Crippen LogP contribution in [-0.4, -0.2) is 24.2 Å². The number of aromatic nitrogens is 2. The summed E-state index contributed by atoms with van der Waals surface area (Å²) in [6, 6.07) is 2.03. The number of sulfonamides is 1. The number of nitrogens with zero attached hydrogens (tertiary/aromatic N) is 2. The molecule has 17 heavy (non-hydrogen) atoms. The van der Waals surface area contributed by atoms with E-state index in [1.54, 1.807) is 20.8 Å². The summed E-state index contributed by atoms with van der Waals surface area (Å²) in [5.74, 6) is 0. The third kappa shape index (κ3) is 2.65. The van der Waals surface area contributed by atoms with Gasteiger partial charge in [0.05, 0.1) is 18.0 Å². The van der Waals surface area contributed by atoms with Gasteiger partial charge in [-0.2, -0.15) is 15.1 Å². The lowest BCUT2D eigenvalue weighted by molar-refractivity contribution is 0.446. The van der Waals surface area contributed by atoms with E-state index in [1.807, 2.05) is 6.07 Å². The van der Waals surface area contributed by atoms with E-state index in [0.717, 1.165) is 0 Å². The van der Waals surface area contributed by atoms with Crippen LogP contribution in [0.1, 0.15) is 32.4 Å². The van der Waals surface area contributed by atoms with Gasteiger partial charge in [0.25, 0.3) is 0 Å². The van der Waals surface area contributed by atoms with Crippen molar-refractivity contribution in [3.63, 3.8) is 0 Å². The smallest absolute Gasteiger partial charge is 0.245 e. The molecule has 0 saturated heterocycles. The molecule has 1 heterocycles. The van der Waals surface area contributed by atoms with E-state index < -0.39 is 15.6 Å². The highest BCUT2D eigenvalue weighted by Gasteiger charge is 2.33. The summed E-state index contributed by atoms with van der Waals surface area (Å²) in [7, 11) is -3.71. The molecule has 0 saturated carbocycles. The van der Waals surface area contributed by atoms with E-state index in [9.17, 15) is 8.42 Å². The van der Waals surface area contributed by atoms with Crippen molar-refractivity contribution < 1.29 is 8.42 Å². The summed E-state index contributed by atoms with van der Waals surface area (Å²) in [5, 5.41) is 15.3. The number of aryl methyl sites for hydroxylation is 1. The average Bonchev–Trinajstić information content (AvgIpc) is 2.73. The largest absolute Gasteiger partial charge is 0.281 e. The van der Waals surface area contributed by atoms with Crippen LogP contribution in [0.25, 0.3) is 0 Å². The molecule has 0 radical (unpaired) electrons. The first-order valence-electron chi connectivity index (χ1n) is 5.36. The van der Waals surface area contributed by atoms with Crippen molar-refractivity contribution >= 4 is 10.0 Å². The number of nitrogens with one attached hydrogen (secondary N) is 2. The molecule has 2 N–H and O–H groups in total. The van der Waals surface area contributed by atoms with E-state index >= 15 is 0 Å². The van der Waals surface area contributed by atoms with Gasteiger partial charge in [0.15, 0.2) is 0 Å². The second-order valence-electron chi connectivity index (χ2n) is 3.87. The second kappa shape index (κ2) is 4.85. The number of nitriles is 1. The van der Waals surface area contributed by atoms with Crippen LogP contribution in [0.4, 0.5) is 0 Å².